The summed E-state index contributed by atoms with van der Waals surface area (Å²) in [4.78, 5) is 18.2. The van der Waals surface area contributed by atoms with Gasteiger partial charge in [0.15, 0.2) is 12.1 Å². The highest BCUT2D eigenvalue weighted by Crippen LogP contribution is 2.31. The van der Waals surface area contributed by atoms with Gasteiger partial charge in [0.1, 0.15) is 11.6 Å². The van der Waals surface area contributed by atoms with Crippen molar-refractivity contribution in [2.75, 3.05) is 6.54 Å². The minimum Gasteiger partial charge on any atom is -0.448 e. The van der Waals surface area contributed by atoms with Crippen LogP contribution < -0.4 is 0 Å². The van der Waals surface area contributed by atoms with E-state index < -0.39 is 0 Å². The standard InChI is InChI=1S/C15H15FN2O2/c1-9-13-7-12(16)4-3-11(13)5-6-18(9)15(19)14-10(2)20-8-17-14/h3-4,7-9H,5-6H2,1-2H3/t9-/m1/s1. The second-order valence-corrected chi connectivity index (χ2v) is 5.02. The minimum absolute atomic E-state index is 0.168. The Bertz CT molecular complexity index is 666. The van der Waals surface area contributed by atoms with Crippen LogP contribution >= 0.6 is 0 Å². The van der Waals surface area contributed by atoms with Gasteiger partial charge in [0.25, 0.3) is 5.91 Å². The normalized spacial score (nSPS) is 17.9. The Kier molecular flexibility index (Phi) is 3.04. The van der Waals surface area contributed by atoms with E-state index >= 15 is 0 Å². The molecule has 4 nitrogen and oxygen atoms in total. The van der Waals surface area contributed by atoms with E-state index in [1.165, 1.54) is 18.5 Å². The van der Waals surface area contributed by atoms with Gasteiger partial charge in [-0.15, -0.1) is 0 Å². The third kappa shape index (κ3) is 1.99. The minimum atomic E-state index is -0.275. The number of benzene rings is 1. The molecule has 0 fully saturated rings. The molecule has 1 aliphatic heterocycles. The predicted molar refractivity (Wildman–Crippen MR) is 70.8 cm³/mol. The van der Waals surface area contributed by atoms with Gasteiger partial charge in [0, 0.05) is 6.54 Å². The number of amides is 1. The fraction of sp³-hybridized carbons (Fsp3) is 0.333. The van der Waals surface area contributed by atoms with Crippen LogP contribution in [-0.4, -0.2) is 22.3 Å². The summed E-state index contributed by atoms with van der Waals surface area (Å²) in [7, 11) is 0. The monoisotopic (exact) mass is 274 g/mol. The molecule has 0 saturated heterocycles. The number of rotatable bonds is 1. The van der Waals surface area contributed by atoms with Crippen molar-refractivity contribution in [1.82, 2.24) is 9.88 Å². The molecule has 1 amide bonds. The molecule has 1 aromatic carbocycles. The molecule has 20 heavy (non-hydrogen) atoms. The highest BCUT2D eigenvalue weighted by atomic mass is 19.1. The van der Waals surface area contributed by atoms with Crippen molar-refractivity contribution >= 4 is 5.91 Å². The van der Waals surface area contributed by atoms with Gasteiger partial charge in [0.05, 0.1) is 6.04 Å². The van der Waals surface area contributed by atoms with Gasteiger partial charge in [-0.3, -0.25) is 4.79 Å². The summed E-state index contributed by atoms with van der Waals surface area (Å²) >= 11 is 0. The molecular formula is C15H15FN2O2. The van der Waals surface area contributed by atoms with Crippen LogP contribution in [0.3, 0.4) is 0 Å². The van der Waals surface area contributed by atoms with Crippen LogP contribution in [0.25, 0.3) is 0 Å². The Morgan fingerprint density at radius 2 is 2.30 bits per heavy atom. The van der Waals surface area contributed by atoms with E-state index in [4.69, 9.17) is 4.42 Å². The summed E-state index contributed by atoms with van der Waals surface area (Å²) < 4.78 is 18.5. The highest BCUT2D eigenvalue weighted by Gasteiger charge is 2.30. The number of carbonyl (C=O) groups excluding carboxylic acids is 1. The van der Waals surface area contributed by atoms with Crippen LogP contribution in [0, 0.1) is 12.7 Å². The van der Waals surface area contributed by atoms with Gasteiger partial charge < -0.3 is 9.32 Å². The number of nitrogens with zero attached hydrogens (tertiary/aromatic N) is 2. The van der Waals surface area contributed by atoms with E-state index in [2.05, 4.69) is 4.98 Å². The molecule has 1 aromatic heterocycles. The van der Waals surface area contributed by atoms with Crippen LogP contribution in [0.1, 0.15) is 40.3 Å². The van der Waals surface area contributed by atoms with Crippen molar-refractivity contribution < 1.29 is 13.6 Å². The number of halogens is 1. The molecule has 2 heterocycles. The van der Waals surface area contributed by atoms with Crippen molar-refractivity contribution in [2.45, 2.75) is 26.3 Å². The van der Waals surface area contributed by atoms with Crippen LogP contribution in [0.15, 0.2) is 29.0 Å². The highest BCUT2D eigenvalue weighted by molar-refractivity contribution is 5.93. The van der Waals surface area contributed by atoms with E-state index in [1.54, 1.807) is 17.9 Å². The number of hydrogen-bond acceptors (Lipinski definition) is 3. The average molecular weight is 274 g/mol. The molecule has 3 rings (SSSR count). The van der Waals surface area contributed by atoms with Crippen LogP contribution in [-0.2, 0) is 6.42 Å². The molecule has 104 valence electrons. The van der Waals surface area contributed by atoms with E-state index in [1.807, 2.05) is 6.92 Å². The van der Waals surface area contributed by atoms with Crippen molar-refractivity contribution in [3.05, 3.63) is 53.0 Å². The number of fused-ring (bicyclic) bond motifs is 1. The van der Waals surface area contributed by atoms with Crippen LogP contribution in [0.4, 0.5) is 4.39 Å². The van der Waals surface area contributed by atoms with Crippen LogP contribution in [0.5, 0.6) is 0 Å². The van der Waals surface area contributed by atoms with Gasteiger partial charge in [0.2, 0.25) is 0 Å². The number of carbonyl (C=O) groups is 1. The zero-order valence-corrected chi connectivity index (χ0v) is 11.4. The molecule has 0 spiro atoms. The van der Waals surface area contributed by atoms with Gasteiger partial charge in [-0.2, -0.15) is 0 Å². The zero-order valence-electron chi connectivity index (χ0n) is 11.4. The number of oxazole rings is 1. The second kappa shape index (κ2) is 4.74. The van der Waals surface area contributed by atoms with Gasteiger partial charge >= 0.3 is 0 Å². The molecular weight excluding hydrogens is 259 g/mol. The lowest BCUT2D eigenvalue weighted by Crippen LogP contribution is -2.39. The third-order valence-corrected chi connectivity index (χ3v) is 3.86. The molecule has 1 aliphatic rings. The van der Waals surface area contributed by atoms with Gasteiger partial charge in [-0.05, 0) is 43.5 Å². The molecule has 0 N–H and O–H groups in total. The average Bonchev–Trinajstić information content (AvgIpc) is 2.85. The maximum absolute atomic E-state index is 13.4. The SMILES string of the molecule is Cc1ocnc1C(=O)N1CCc2ccc(F)cc2[C@H]1C. The molecule has 0 aliphatic carbocycles. The van der Waals surface area contributed by atoms with Crippen molar-refractivity contribution in [3.63, 3.8) is 0 Å². The predicted octanol–water partition coefficient (Wildman–Crippen LogP) is 2.88. The summed E-state index contributed by atoms with van der Waals surface area (Å²) in [6.07, 6.45) is 1.99. The first-order chi connectivity index (χ1) is 9.58. The van der Waals surface area contributed by atoms with Gasteiger partial charge in [-0.25, -0.2) is 9.37 Å². The number of hydrogen-bond donors (Lipinski definition) is 0. The summed E-state index contributed by atoms with van der Waals surface area (Å²) in [6, 6.07) is 4.60. The zero-order chi connectivity index (χ0) is 14.3. The van der Waals surface area contributed by atoms with Crippen molar-refractivity contribution in [1.29, 1.82) is 0 Å². The van der Waals surface area contributed by atoms with Crippen molar-refractivity contribution in [3.8, 4) is 0 Å². The fourth-order valence-corrected chi connectivity index (χ4v) is 2.71. The van der Waals surface area contributed by atoms with Gasteiger partial charge in [-0.1, -0.05) is 6.07 Å². The van der Waals surface area contributed by atoms with E-state index in [9.17, 15) is 9.18 Å². The molecule has 2 aromatic rings. The summed E-state index contributed by atoms with van der Waals surface area (Å²) in [5.41, 5.74) is 2.29. The lowest BCUT2D eigenvalue weighted by molar-refractivity contribution is 0.0670. The molecule has 0 bridgehead atoms. The first kappa shape index (κ1) is 12.8. The van der Waals surface area contributed by atoms with Crippen molar-refractivity contribution in [2.24, 2.45) is 0 Å². The molecule has 0 radical (unpaired) electrons. The smallest absolute Gasteiger partial charge is 0.276 e. The largest absolute Gasteiger partial charge is 0.448 e. The number of aryl methyl sites for hydroxylation is 1. The Labute approximate surface area is 116 Å². The van der Waals surface area contributed by atoms with E-state index in [0.29, 0.717) is 18.0 Å². The molecule has 5 heteroatoms. The maximum Gasteiger partial charge on any atom is 0.276 e. The summed E-state index contributed by atoms with van der Waals surface area (Å²) in [5.74, 6) is 0.0633. The topological polar surface area (TPSA) is 46.3 Å². The van der Waals surface area contributed by atoms with E-state index in [0.717, 1.165) is 17.5 Å². The van der Waals surface area contributed by atoms with Crippen LogP contribution in [0.2, 0.25) is 0 Å². The lowest BCUT2D eigenvalue weighted by atomic mass is 9.93. The lowest BCUT2D eigenvalue weighted by Gasteiger charge is -2.35. The Morgan fingerprint density at radius 3 is 3.00 bits per heavy atom. The fourth-order valence-electron chi connectivity index (χ4n) is 2.71. The Morgan fingerprint density at radius 1 is 1.50 bits per heavy atom. The molecule has 1 atom stereocenters. The third-order valence-electron chi connectivity index (χ3n) is 3.86. The quantitative estimate of drug-likeness (QED) is 0.803. The number of aromatic nitrogens is 1. The summed E-state index contributed by atoms with van der Waals surface area (Å²) in [6.45, 7) is 4.22. The Balaban J connectivity index is 1.94. The maximum atomic E-state index is 13.4. The molecule has 0 unspecified atom stereocenters. The second-order valence-electron chi connectivity index (χ2n) is 5.02. The molecule has 0 saturated carbocycles. The first-order valence-electron chi connectivity index (χ1n) is 6.57. The first-order valence-corrected chi connectivity index (χ1v) is 6.57. The van der Waals surface area contributed by atoms with E-state index in [-0.39, 0.29) is 17.8 Å². The Hall–Kier alpha value is -2.17. The summed E-state index contributed by atoms with van der Waals surface area (Å²) in [5, 5.41) is 0.